The van der Waals surface area contributed by atoms with Crippen molar-refractivity contribution < 1.29 is 26.8 Å². The Bertz CT molecular complexity index is 1980. The number of sulfone groups is 1. The van der Waals surface area contributed by atoms with E-state index in [0.29, 0.717) is 59.9 Å². The van der Waals surface area contributed by atoms with E-state index in [1.165, 1.54) is 24.4 Å². The lowest BCUT2D eigenvalue weighted by atomic mass is 10.0. The number of carbonyl (C=O) groups is 2. The third kappa shape index (κ3) is 6.25. The molecule has 4 aromatic heterocycles. The first-order chi connectivity index (χ1) is 21.0. The highest BCUT2D eigenvalue weighted by Crippen LogP contribution is 2.35. The van der Waals surface area contributed by atoms with Gasteiger partial charge in [-0.2, -0.15) is 9.49 Å². The van der Waals surface area contributed by atoms with Crippen LogP contribution in [0.15, 0.2) is 67.3 Å². The minimum atomic E-state index is -3.44. The number of nitrogens with zero attached hydrogens (tertiary/aromatic N) is 7. The number of aromatic nitrogens is 6. The monoisotopic (exact) mass is 619 g/mol. The minimum Gasteiger partial charge on any atom is -0.342 e. The van der Waals surface area contributed by atoms with Gasteiger partial charge in [0.2, 0.25) is 11.9 Å². The molecule has 6 rings (SSSR count). The van der Waals surface area contributed by atoms with E-state index in [1.54, 1.807) is 46.2 Å². The summed E-state index contributed by atoms with van der Waals surface area (Å²) in [7, 11) is -3.44. The Morgan fingerprint density at radius 3 is 2.45 bits per heavy atom. The second-order valence-corrected chi connectivity index (χ2v) is 12.9. The van der Waals surface area contributed by atoms with Crippen molar-refractivity contribution >= 4 is 27.2 Å². The Labute approximate surface area is 251 Å². The summed E-state index contributed by atoms with van der Waals surface area (Å²) < 4.78 is 54.1. The number of Topliss-reactive ketones (excluding diaryl/α,β-unsaturated/α-hetero) is 1. The second kappa shape index (κ2) is 11.7. The predicted octanol–water partition coefficient (Wildman–Crippen LogP) is 3.57. The summed E-state index contributed by atoms with van der Waals surface area (Å²) in [6, 6.07) is 12.0. The fraction of sp³-hybridized carbons (Fsp3) is 0.267. The van der Waals surface area contributed by atoms with Gasteiger partial charge in [0.1, 0.15) is 17.3 Å². The number of hydrogen-bond acceptors (Lipinski definition) is 8. The van der Waals surface area contributed by atoms with E-state index in [1.807, 2.05) is 4.57 Å². The number of benzene rings is 1. The van der Waals surface area contributed by atoms with E-state index in [2.05, 4.69) is 15.0 Å². The third-order valence-corrected chi connectivity index (χ3v) is 8.28. The van der Waals surface area contributed by atoms with Crippen molar-refractivity contribution in [2.75, 3.05) is 25.1 Å². The van der Waals surface area contributed by atoms with Gasteiger partial charge in [-0.1, -0.05) is 0 Å². The number of hydrogen-bond donors (Lipinski definition) is 0. The molecule has 0 atom stereocenters. The standard InChI is InChI=1S/C30H27F2N7O4S/c1-44(42,43)17-28(41)37-12-9-23(10-13-37)38-18-34-29(19-2-4-21(31)5-3-19)30(38)24-6-7-27-35-22(16-39(27)36-24)15-25(40)20-8-11-33-26(32)14-20/h2-8,11,14,16,18,23H,9-10,12-13,15,17H2,1H3. The van der Waals surface area contributed by atoms with Crippen molar-refractivity contribution in [3.8, 4) is 22.6 Å². The van der Waals surface area contributed by atoms with Crippen LogP contribution >= 0.6 is 0 Å². The molecule has 0 saturated carbocycles. The molecule has 0 N–H and O–H groups in total. The first kappa shape index (κ1) is 29.2. The Balaban J connectivity index is 1.32. The molecule has 0 radical (unpaired) electrons. The molecule has 44 heavy (non-hydrogen) atoms. The van der Waals surface area contributed by atoms with Gasteiger partial charge in [-0.25, -0.2) is 32.3 Å². The van der Waals surface area contributed by atoms with E-state index in [4.69, 9.17) is 5.10 Å². The fourth-order valence-corrected chi connectivity index (χ4v) is 6.04. The van der Waals surface area contributed by atoms with Crippen LogP contribution in [0, 0.1) is 11.8 Å². The van der Waals surface area contributed by atoms with Gasteiger partial charge in [0.15, 0.2) is 21.3 Å². The Morgan fingerprint density at radius 1 is 1.00 bits per heavy atom. The van der Waals surface area contributed by atoms with Gasteiger partial charge in [-0.3, -0.25) is 9.59 Å². The Hall–Kier alpha value is -4.85. The fourth-order valence-electron chi connectivity index (χ4n) is 5.40. The van der Waals surface area contributed by atoms with Gasteiger partial charge in [0, 0.05) is 48.8 Å². The van der Waals surface area contributed by atoms with Crippen LogP contribution < -0.4 is 0 Å². The second-order valence-electron chi connectivity index (χ2n) is 10.8. The summed E-state index contributed by atoms with van der Waals surface area (Å²) in [5.74, 6) is -2.37. The maximum Gasteiger partial charge on any atom is 0.237 e. The first-order valence-electron chi connectivity index (χ1n) is 13.8. The van der Waals surface area contributed by atoms with Gasteiger partial charge in [0.25, 0.3) is 0 Å². The van der Waals surface area contributed by atoms with E-state index >= 15 is 0 Å². The molecule has 0 spiro atoms. The van der Waals surface area contributed by atoms with Crippen LogP contribution in [-0.4, -0.2) is 79.2 Å². The highest BCUT2D eigenvalue weighted by Gasteiger charge is 2.29. The quantitative estimate of drug-likeness (QED) is 0.190. The lowest BCUT2D eigenvalue weighted by molar-refractivity contribution is -0.129. The SMILES string of the molecule is CS(=O)(=O)CC(=O)N1CCC(n2cnc(-c3ccc(F)cc3)c2-c2ccc3nc(CC(=O)c4ccnc(F)c4)cn3n2)CC1. The van der Waals surface area contributed by atoms with Crippen LogP contribution in [0.25, 0.3) is 28.3 Å². The van der Waals surface area contributed by atoms with E-state index in [-0.39, 0.29) is 29.6 Å². The van der Waals surface area contributed by atoms with E-state index in [9.17, 15) is 26.8 Å². The zero-order chi connectivity index (χ0) is 31.0. The van der Waals surface area contributed by atoms with Crippen LogP contribution in [0.3, 0.4) is 0 Å². The largest absolute Gasteiger partial charge is 0.342 e. The van der Waals surface area contributed by atoms with Gasteiger partial charge >= 0.3 is 0 Å². The van der Waals surface area contributed by atoms with Crippen LogP contribution in [0.2, 0.25) is 0 Å². The average molecular weight is 620 g/mol. The number of carbonyl (C=O) groups excluding carboxylic acids is 2. The molecule has 0 unspecified atom stereocenters. The summed E-state index contributed by atoms with van der Waals surface area (Å²) in [4.78, 5) is 39.4. The number of imidazole rings is 2. The van der Waals surface area contributed by atoms with Crippen LogP contribution in [0.1, 0.15) is 34.9 Å². The molecule has 1 aliphatic rings. The number of likely N-dealkylation sites (tertiary alicyclic amines) is 1. The number of halogens is 2. The highest BCUT2D eigenvalue weighted by molar-refractivity contribution is 7.91. The summed E-state index contributed by atoms with van der Waals surface area (Å²) >= 11 is 0. The number of rotatable bonds is 8. The molecule has 11 nitrogen and oxygen atoms in total. The van der Waals surface area contributed by atoms with Crippen LogP contribution in [0.4, 0.5) is 8.78 Å². The smallest absolute Gasteiger partial charge is 0.237 e. The van der Waals surface area contributed by atoms with Crippen molar-refractivity contribution in [1.82, 2.24) is 34.0 Å². The van der Waals surface area contributed by atoms with Crippen LogP contribution in [0.5, 0.6) is 0 Å². The summed E-state index contributed by atoms with van der Waals surface area (Å²) in [5, 5.41) is 4.78. The molecule has 1 aliphatic heterocycles. The lowest BCUT2D eigenvalue weighted by Crippen LogP contribution is -2.41. The predicted molar refractivity (Wildman–Crippen MR) is 156 cm³/mol. The van der Waals surface area contributed by atoms with Gasteiger partial charge in [-0.05, 0) is 55.3 Å². The lowest BCUT2D eigenvalue weighted by Gasteiger charge is -2.33. The molecular weight excluding hydrogens is 592 g/mol. The summed E-state index contributed by atoms with van der Waals surface area (Å²) in [5.41, 5.74) is 3.65. The van der Waals surface area contributed by atoms with Crippen molar-refractivity contribution in [2.45, 2.75) is 25.3 Å². The maximum absolute atomic E-state index is 13.8. The molecule has 5 aromatic rings. The maximum atomic E-state index is 13.8. The molecule has 0 aliphatic carbocycles. The van der Waals surface area contributed by atoms with Gasteiger partial charge in [0.05, 0.1) is 36.0 Å². The molecule has 1 amide bonds. The molecule has 1 saturated heterocycles. The number of amides is 1. The molecule has 1 fully saturated rings. The van der Waals surface area contributed by atoms with Gasteiger partial charge < -0.3 is 9.47 Å². The van der Waals surface area contributed by atoms with Crippen molar-refractivity contribution in [3.05, 3.63) is 90.3 Å². The number of ketones is 1. The molecule has 5 heterocycles. The zero-order valence-corrected chi connectivity index (χ0v) is 24.4. The third-order valence-electron chi connectivity index (χ3n) is 7.51. The van der Waals surface area contributed by atoms with Gasteiger partial charge in [-0.15, -0.1) is 0 Å². The van der Waals surface area contributed by atoms with E-state index < -0.39 is 27.4 Å². The average Bonchev–Trinajstić information content (AvgIpc) is 3.60. The van der Waals surface area contributed by atoms with Crippen molar-refractivity contribution in [2.24, 2.45) is 0 Å². The number of fused-ring (bicyclic) bond motifs is 1. The zero-order valence-electron chi connectivity index (χ0n) is 23.6. The Morgan fingerprint density at radius 2 is 1.75 bits per heavy atom. The van der Waals surface area contributed by atoms with Crippen LogP contribution in [-0.2, 0) is 21.1 Å². The van der Waals surface area contributed by atoms with Crippen molar-refractivity contribution in [1.29, 1.82) is 0 Å². The molecule has 0 bridgehead atoms. The molecule has 14 heteroatoms. The minimum absolute atomic E-state index is 0.0580. The van der Waals surface area contributed by atoms with E-state index in [0.717, 1.165) is 12.3 Å². The Kier molecular flexibility index (Phi) is 7.76. The molecular formula is C30H27F2N7O4S. The number of pyridine rings is 1. The number of piperidine rings is 1. The van der Waals surface area contributed by atoms with Crippen molar-refractivity contribution in [3.63, 3.8) is 0 Å². The topological polar surface area (TPSA) is 132 Å². The highest BCUT2D eigenvalue weighted by atomic mass is 32.2. The molecule has 226 valence electrons. The summed E-state index contributed by atoms with van der Waals surface area (Å²) in [6.45, 7) is 0.768. The normalized spacial score (nSPS) is 14.3. The molecule has 1 aromatic carbocycles. The first-order valence-corrected chi connectivity index (χ1v) is 15.9. The summed E-state index contributed by atoms with van der Waals surface area (Å²) in [6.07, 6.45) is 6.69.